The van der Waals surface area contributed by atoms with Crippen LogP contribution in [0.5, 0.6) is 46.0 Å². The minimum absolute atomic E-state index is 0.184. The number of amidine groups is 1. The second-order valence-electron chi connectivity index (χ2n) is 23.4. The van der Waals surface area contributed by atoms with Crippen LogP contribution in [0.2, 0.25) is 15.1 Å². The van der Waals surface area contributed by atoms with Crippen molar-refractivity contribution in [3.63, 3.8) is 0 Å². The van der Waals surface area contributed by atoms with Crippen molar-refractivity contribution < 1.29 is 55.8 Å². The lowest BCUT2D eigenvalue weighted by Crippen LogP contribution is -2.52. The Morgan fingerprint density at radius 2 is 1.00 bits per heavy atom. The molecule has 0 atom stereocenters. The molecule has 506 valence electrons. The van der Waals surface area contributed by atoms with E-state index in [0.29, 0.717) is 68.7 Å². The van der Waals surface area contributed by atoms with Crippen molar-refractivity contribution >= 4 is 142 Å². The molecule has 1 N–H and O–H groups in total. The number of aliphatic imine (C=N–C) groups is 2. The van der Waals surface area contributed by atoms with Crippen molar-refractivity contribution in [1.82, 2.24) is 38.3 Å². The predicted molar refractivity (Wildman–Crippen MR) is 381 cm³/mol. The van der Waals surface area contributed by atoms with Crippen LogP contribution in [0, 0.1) is 17.5 Å². The van der Waals surface area contributed by atoms with Gasteiger partial charge in [0.25, 0.3) is 0 Å². The summed E-state index contributed by atoms with van der Waals surface area (Å²) in [5.41, 5.74) is 6.09. The monoisotopic (exact) mass is 1450 g/mol. The van der Waals surface area contributed by atoms with Gasteiger partial charge in [0.05, 0.1) is 72.0 Å². The van der Waals surface area contributed by atoms with E-state index < -0.39 is 0 Å². The van der Waals surface area contributed by atoms with Crippen LogP contribution < -0.4 is 48.1 Å². The molecule has 7 aliphatic heterocycles. The van der Waals surface area contributed by atoms with Gasteiger partial charge in [-0.1, -0.05) is 46.6 Å². The fourth-order valence-corrected chi connectivity index (χ4v) is 14.1. The number of thioether (sulfide) groups is 1. The molecule has 4 aromatic heterocycles. The summed E-state index contributed by atoms with van der Waals surface area (Å²) in [5, 5.41) is 19.8. The summed E-state index contributed by atoms with van der Waals surface area (Å²) >= 11 is 30.5. The molecule has 0 radical (unpaired) electrons. The van der Waals surface area contributed by atoms with Crippen LogP contribution in [0.15, 0.2) is 156 Å². The number of fused-ring (bicyclic) bond motifs is 7. The molecule has 7 aromatic carbocycles. The zero-order chi connectivity index (χ0) is 68.0. The van der Waals surface area contributed by atoms with Gasteiger partial charge in [0, 0.05) is 111 Å². The molecule has 0 unspecified atom stereocenters. The van der Waals surface area contributed by atoms with Crippen molar-refractivity contribution in [3.8, 4) is 51.7 Å². The highest BCUT2D eigenvalue weighted by atomic mass is 35.5. The maximum absolute atomic E-state index is 13.6. The third kappa shape index (κ3) is 13.4. The minimum atomic E-state index is -0.296. The van der Waals surface area contributed by atoms with E-state index in [-0.39, 0.29) is 62.7 Å². The number of likely N-dealkylation sites (tertiary alicyclic amines) is 2. The molecule has 0 amide bonds. The van der Waals surface area contributed by atoms with Crippen LogP contribution >= 0.6 is 71.0 Å². The molecule has 21 nitrogen and oxygen atoms in total. The number of isothiocyanates is 1. The van der Waals surface area contributed by atoms with Crippen molar-refractivity contribution in [1.29, 1.82) is 0 Å². The average molecular weight is 1460 g/mol. The number of benzene rings is 7. The topological polar surface area (TPSA) is 175 Å². The molecule has 3 fully saturated rings. The van der Waals surface area contributed by atoms with Gasteiger partial charge in [0.15, 0.2) is 62.1 Å². The SMILES string of the molecule is COCc1nnc(N2CC(n3cc(Cl)c4cc(F)ccc43)C2)n1-c1ccc2c(c1)OCO2.CSC(=Nc1ccc2c(c1)OCO2)N1CC(n2cc(Cl)c3cc(F)ccc32)C1.Fc1ccc2c(c1)c(Cl)cn2C1CN(C(=S)Nc2ccc3c(c2)OCO3)C1.S=C=Nc1ccc2c(c1)OCO2. The first-order valence-electron chi connectivity index (χ1n) is 30.9. The van der Waals surface area contributed by atoms with Crippen LogP contribution in [-0.2, 0) is 11.3 Å². The molecule has 0 saturated carbocycles. The number of methoxy groups -OCH3 is 1. The van der Waals surface area contributed by atoms with Crippen LogP contribution in [0.1, 0.15) is 23.9 Å². The highest BCUT2D eigenvalue weighted by Gasteiger charge is 2.36. The van der Waals surface area contributed by atoms with E-state index in [1.807, 2.05) is 84.0 Å². The standard InChI is InChI=1S/C22H19ClFN5O3.C20H17ClFN3O2S.C19H15ClFN3O2S.C8H5NO2S/c1-30-11-21-25-26-22(29(21)14-3-5-19-20(7-14)32-12-31-19)27-8-15(9-27)28-10-17(23)16-6-13(24)2-4-18(16)28;1-28-20(23-13-3-5-18-19(7-13)27-11-26-18)24-8-14(9-24)25-10-16(21)15-6-12(22)2-4-17(15)25;20-15-9-24(16-3-1-11(21)5-14(15)16)13-7-23(8-13)19(27)22-12-2-4-17-18(6-12)26-10-25-17;12-4-9-6-1-2-7-8(3-6)11-5-10-7/h2-7,10,15H,8-9,11-12H2,1H3;2-7,10,14H,8-9,11H2,1H3;1-6,9,13H,7-8,10H2,(H,22,27);1-3H,5H2. The lowest BCUT2D eigenvalue weighted by Gasteiger charge is -2.42. The lowest BCUT2D eigenvalue weighted by molar-refractivity contribution is 0.173. The Bertz CT molecular complexity index is 5040. The Hall–Kier alpha value is -9.57. The molecule has 11 aromatic rings. The zero-order valence-corrected chi connectivity index (χ0v) is 57.2. The van der Waals surface area contributed by atoms with Crippen molar-refractivity contribution in [2.45, 2.75) is 24.7 Å². The second-order valence-corrected chi connectivity index (χ2v) is 26.0. The number of aromatic nitrogens is 6. The highest BCUT2D eigenvalue weighted by Crippen LogP contribution is 2.42. The van der Waals surface area contributed by atoms with Crippen molar-refractivity contribution in [2.75, 3.05) is 90.0 Å². The van der Waals surface area contributed by atoms with Crippen molar-refractivity contribution in [3.05, 3.63) is 184 Å². The number of ether oxygens (including phenoxy) is 9. The molecule has 3 saturated heterocycles. The van der Waals surface area contributed by atoms with Crippen LogP contribution in [0.4, 0.5) is 36.2 Å². The van der Waals surface area contributed by atoms with E-state index in [0.717, 1.165) is 116 Å². The number of thiocarbonyl (C=S) groups is 2. The van der Waals surface area contributed by atoms with Gasteiger partial charge in [-0.15, -0.1) is 10.2 Å². The van der Waals surface area contributed by atoms with Crippen LogP contribution in [-0.4, -0.2) is 134 Å². The van der Waals surface area contributed by atoms with E-state index >= 15 is 0 Å². The molecule has 99 heavy (non-hydrogen) atoms. The Morgan fingerprint density at radius 1 is 0.556 bits per heavy atom. The van der Waals surface area contributed by atoms with E-state index in [2.05, 4.69) is 66.3 Å². The Kier molecular flexibility index (Phi) is 18.5. The quantitative estimate of drug-likeness (QED) is 0.0777. The van der Waals surface area contributed by atoms with Gasteiger partial charge in [0.1, 0.15) is 24.1 Å². The fourth-order valence-electron chi connectivity index (χ4n) is 12.4. The van der Waals surface area contributed by atoms with Gasteiger partial charge in [-0.3, -0.25) is 4.57 Å². The zero-order valence-electron chi connectivity index (χ0n) is 52.5. The molecule has 30 heteroatoms. The predicted octanol–water partition coefficient (Wildman–Crippen LogP) is 15.6. The summed E-state index contributed by atoms with van der Waals surface area (Å²) in [5.74, 6) is 6.35. The minimum Gasteiger partial charge on any atom is -0.454 e. The van der Waals surface area contributed by atoms with Gasteiger partial charge < -0.3 is 76.3 Å². The third-order valence-electron chi connectivity index (χ3n) is 17.4. The number of nitrogens with one attached hydrogen (secondary N) is 1. The maximum Gasteiger partial charge on any atom is 0.232 e. The molecular weight excluding hydrogens is 1400 g/mol. The first-order chi connectivity index (χ1) is 48.2. The summed E-state index contributed by atoms with van der Waals surface area (Å²) in [7, 11) is 1.63. The van der Waals surface area contributed by atoms with E-state index in [1.54, 1.807) is 55.3 Å². The van der Waals surface area contributed by atoms with Gasteiger partial charge in [-0.05, 0) is 134 Å². The summed E-state index contributed by atoms with van der Waals surface area (Å²) in [6.45, 7) is 5.90. The van der Waals surface area contributed by atoms with Gasteiger partial charge in [-0.2, -0.15) is 4.99 Å². The molecule has 0 bridgehead atoms. The van der Waals surface area contributed by atoms with E-state index in [1.165, 1.54) is 36.4 Å². The lowest BCUT2D eigenvalue weighted by atomic mass is 10.1. The second kappa shape index (κ2) is 28.0. The van der Waals surface area contributed by atoms with Crippen LogP contribution in [0.25, 0.3) is 38.4 Å². The van der Waals surface area contributed by atoms with E-state index in [9.17, 15) is 13.2 Å². The first kappa shape index (κ1) is 65.4. The molecular formula is C69H56Cl3F3N12O9S3. The summed E-state index contributed by atoms with van der Waals surface area (Å²) in [6, 6.07) is 37.3. The Morgan fingerprint density at radius 3 is 1.51 bits per heavy atom. The first-order valence-corrected chi connectivity index (χ1v) is 34.1. The van der Waals surface area contributed by atoms with Crippen molar-refractivity contribution in [2.24, 2.45) is 9.98 Å². The van der Waals surface area contributed by atoms with Crippen LogP contribution in [0.3, 0.4) is 0 Å². The Labute approximate surface area is 593 Å². The number of rotatable bonds is 10. The summed E-state index contributed by atoms with van der Waals surface area (Å²) < 4.78 is 97.0. The maximum atomic E-state index is 13.6. The molecule has 0 aliphatic carbocycles. The number of hydrogen-bond donors (Lipinski definition) is 1. The summed E-state index contributed by atoms with van der Waals surface area (Å²) in [6.07, 6.45) is 7.64. The molecule has 11 heterocycles. The molecule has 7 aliphatic rings. The largest absolute Gasteiger partial charge is 0.454 e. The number of anilines is 2. The van der Waals surface area contributed by atoms with Gasteiger partial charge >= 0.3 is 0 Å². The number of halogens is 6. The summed E-state index contributed by atoms with van der Waals surface area (Å²) in [4.78, 5) is 15.0. The number of nitrogens with zero attached hydrogens (tertiary/aromatic N) is 11. The molecule has 18 rings (SSSR count). The van der Waals surface area contributed by atoms with E-state index in [4.69, 9.17) is 94.6 Å². The van der Waals surface area contributed by atoms with Gasteiger partial charge in [-0.25, -0.2) is 18.2 Å². The Balaban J connectivity index is 0.000000112. The normalized spacial score (nSPS) is 15.6. The van der Waals surface area contributed by atoms with Gasteiger partial charge in [0.2, 0.25) is 33.1 Å². The average Bonchev–Trinajstić information content (AvgIpc) is 1.66. The fraction of sp³-hybridized carbons (Fsp3) is 0.232. The number of hydrogen-bond acceptors (Lipinski definition) is 17. The highest BCUT2D eigenvalue weighted by molar-refractivity contribution is 8.13. The molecule has 0 spiro atoms. The third-order valence-corrected chi connectivity index (χ3v) is 19.4. The smallest absolute Gasteiger partial charge is 0.232 e.